The first kappa shape index (κ1) is 32.3. The van der Waals surface area contributed by atoms with E-state index in [0.717, 1.165) is 0 Å². The van der Waals surface area contributed by atoms with Crippen molar-refractivity contribution in [2.45, 2.75) is 51.8 Å². The summed E-state index contributed by atoms with van der Waals surface area (Å²) >= 11 is 12.8. The molecule has 3 N–H and O–H groups in total. The number of carboxylic acid groups (broad SMARTS) is 1. The van der Waals surface area contributed by atoms with Crippen LogP contribution < -0.4 is 15.4 Å². The van der Waals surface area contributed by atoms with E-state index in [-0.39, 0.29) is 35.9 Å². The molecule has 226 valence electrons. The lowest BCUT2D eigenvalue weighted by atomic mass is 10.1. The number of carbonyl (C=O) groups is 3. The maximum atomic E-state index is 12.7. The number of aliphatic imine (C=N–C) groups is 1. The van der Waals surface area contributed by atoms with Gasteiger partial charge in [0.1, 0.15) is 23.7 Å². The zero-order chi connectivity index (χ0) is 31.0. The number of halogens is 2. The van der Waals surface area contributed by atoms with Crippen molar-refractivity contribution in [1.29, 1.82) is 0 Å². The first-order valence-electron chi connectivity index (χ1n) is 12.7. The Morgan fingerprint density at radius 3 is 2.60 bits per heavy atom. The summed E-state index contributed by atoms with van der Waals surface area (Å²) in [7, 11) is 3.45. The molecule has 1 unspecified atom stereocenters. The molecular formula is C26H32Cl2N8O6. The van der Waals surface area contributed by atoms with Crippen LogP contribution in [0.4, 0.5) is 15.4 Å². The fourth-order valence-corrected chi connectivity index (χ4v) is 4.05. The van der Waals surface area contributed by atoms with Gasteiger partial charge in [0.25, 0.3) is 5.91 Å². The number of amides is 3. The molecule has 0 aliphatic heterocycles. The summed E-state index contributed by atoms with van der Waals surface area (Å²) in [5.41, 5.74) is 0.415. The maximum Gasteiger partial charge on any atom is 0.410 e. The number of aromatic nitrogens is 4. The summed E-state index contributed by atoms with van der Waals surface area (Å²) in [6.45, 7) is 5.49. The molecule has 16 heteroatoms. The minimum atomic E-state index is -1.28. The average molecular weight is 623 g/mol. The summed E-state index contributed by atoms with van der Waals surface area (Å²) in [6, 6.07) is 2.33. The van der Waals surface area contributed by atoms with Gasteiger partial charge in [0.15, 0.2) is 17.0 Å². The third-order valence-electron chi connectivity index (χ3n) is 5.41. The van der Waals surface area contributed by atoms with Gasteiger partial charge in [0, 0.05) is 19.7 Å². The van der Waals surface area contributed by atoms with Crippen molar-refractivity contribution < 1.29 is 29.0 Å². The van der Waals surface area contributed by atoms with E-state index in [9.17, 15) is 14.4 Å². The summed E-state index contributed by atoms with van der Waals surface area (Å²) in [4.78, 5) is 54.0. The van der Waals surface area contributed by atoms with E-state index in [1.165, 1.54) is 19.0 Å². The van der Waals surface area contributed by atoms with Gasteiger partial charge in [-0.2, -0.15) is 0 Å². The van der Waals surface area contributed by atoms with Crippen molar-refractivity contribution in [2.24, 2.45) is 4.99 Å². The molecule has 2 aromatic heterocycles. The number of anilines is 1. The lowest BCUT2D eigenvalue weighted by Gasteiger charge is -2.22. The SMILES string of the molecule is CN(C)/C=N/C(=O)C(CCCOc1ccc(Cl)c(Cl)c1Cn1cnc2c(NC(=O)O)ncnc21)NC(=O)OC(C)(C)C. The van der Waals surface area contributed by atoms with Crippen LogP contribution in [0.15, 0.2) is 29.8 Å². The summed E-state index contributed by atoms with van der Waals surface area (Å²) in [6.07, 6.45) is 2.63. The van der Waals surface area contributed by atoms with Crippen molar-refractivity contribution in [1.82, 2.24) is 29.7 Å². The molecule has 1 atom stereocenters. The van der Waals surface area contributed by atoms with Crippen molar-refractivity contribution >= 4 is 64.6 Å². The number of benzene rings is 1. The molecule has 0 aliphatic carbocycles. The molecule has 0 aliphatic rings. The standard InChI is InChI=1S/C26H32Cl2N8O6/c1-26(2,3)42-25(40)33-17(23(37)32-13-35(4)5)7-6-10-41-18-9-8-16(27)19(28)15(18)11-36-14-31-20-21(34-24(38)39)29-12-30-22(20)36/h8-9,12-14,17H,6-7,10-11H2,1-5H3,(H,33,40)(H,38,39)(H,29,30,34)/b32-13+. The van der Waals surface area contributed by atoms with Crippen LogP contribution in [0.5, 0.6) is 5.75 Å². The van der Waals surface area contributed by atoms with E-state index < -0.39 is 29.7 Å². The Kier molecular flexibility index (Phi) is 10.9. The van der Waals surface area contributed by atoms with Crippen molar-refractivity contribution in [3.05, 3.63) is 40.4 Å². The Morgan fingerprint density at radius 2 is 1.93 bits per heavy atom. The Bertz CT molecular complexity index is 1470. The third-order valence-corrected chi connectivity index (χ3v) is 6.25. The molecular weight excluding hydrogens is 591 g/mol. The van der Waals surface area contributed by atoms with Crippen LogP contribution in [0.2, 0.25) is 10.0 Å². The second-order valence-corrected chi connectivity index (χ2v) is 11.1. The minimum Gasteiger partial charge on any atom is -0.493 e. The molecule has 0 saturated heterocycles. The fraction of sp³-hybridized carbons (Fsp3) is 0.423. The number of hydrogen-bond donors (Lipinski definition) is 3. The average Bonchev–Trinajstić information content (AvgIpc) is 3.30. The largest absolute Gasteiger partial charge is 0.493 e. The molecule has 0 saturated carbocycles. The van der Waals surface area contributed by atoms with Crippen LogP contribution in [0, 0.1) is 0 Å². The van der Waals surface area contributed by atoms with Crippen LogP contribution in [0.3, 0.4) is 0 Å². The zero-order valence-corrected chi connectivity index (χ0v) is 25.2. The van der Waals surface area contributed by atoms with Gasteiger partial charge in [0.05, 0.1) is 35.9 Å². The molecule has 3 rings (SSSR count). The quantitative estimate of drug-likeness (QED) is 0.157. The number of fused-ring (bicyclic) bond motifs is 1. The van der Waals surface area contributed by atoms with Crippen LogP contribution in [0.1, 0.15) is 39.2 Å². The molecule has 42 heavy (non-hydrogen) atoms. The van der Waals surface area contributed by atoms with Gasteiger partial charge in [-0.3, -0.25) is 10.1 Å². The third kappa shape index (κ3) is 9.17. The first-order valence-corrected chi connectivity index (χ1v) is 13.5. The number of hydrogen-bond acceptors (Lipinski definition) is 8. The number of alkyl carbamates (subject to hydrolysis) is 1. The van der Waals surface area contributed by atoms with Crippen molar-refractivity contribution in [3.63, 3.8) is 0 Å². The second kappa shape index (κ2) is 14.1. The lowest BCUT2D eigenvalue weighted by Crippen LogP contribution is -2.43. The van der Waals surface area contributed by atoms with E-state index in [1.54, 1.807) is 56.5 Å². The van der Waals surface area contributed by atoms with Crippen LogP contribution >= 0.6 is 23.2 Å². The predicted octanol–water partition coefficient (Wildman–Crippen LogP) is 4.44. The topological polar surface area (TPSA) is 173 Å². The molecule has 0 fully saturated rings. The number of rotatable bonds is 11. The van der Waals surface area contributed by atoms with E-state index in [2.05, 4.69) is 30.6 Å². The Hall–Kier alpha value is -4.17. The van der Waals surface area contributed by atoms with Gasteiger partial charge in [0.2, 0.25) is 0 Å². The summed E-state index contributed by atoms with van der Waals surface area (Å²) < 4.78 is 13.0. The minimum absolute atomic E-state index is 0.0407. The van der Waals surface area contributed by atoms with E-state index in [0.29, 0.717) is 28.4 Å². The summed E-state index contributed by atoms with van der Waals surface area (Å²) in [5, 5.41) is 14.4. The molecule has 3 aromatic rings. The number of ether oxygens (including phenoxy) is 2. The normalized spacial score (nSPS) is 12.3. The van der Waals surface area contributed by atoms with Gasteiger partial charge < -0.3 is 29.4 Å². The molecule has 14 nitrogen and oxygen atoms in total. The fourth-order valence-electron chi connectivity index (χ4n) is 3.66. The van der Waals surface area contributed by atoms with Crippen LogP contribution in [-0.2, 0) is 16.1 Å². The second-order valence-electron chi connectivity index (χ2n) is 10.3. The Morgan fingerprint density at radius 1 is 1.19 bits per heavy atom. The number of imidazole rings is 1. The van der Waals surface area contributed by atoms with E-state index in [4.69, 9.17) is 37.8 Å². The summed E-state index contributed by atoms with van der Waals surface area (Å²) in [5.74, 6) is -0.0627. The molecule has 0 spiro atoms. The van der Waals surface area contributed by atoms with E-state index >= 15 is 0 Å². The van der Waals surface area contributed by atoms with Crippen molar-refractivity contribution in [3.8, 4) is 5.75 Å². The molecule has 2 heterocycles. The number of carbonyl (C=O) groups excluding carboxylic acids is 2. The predicted molar refractivity (Wildman–Crippen MR) is 158 cm³/mol. The van der Waals surface area contributed by atoms with Gasteiger partial charge in [-0.1, -0.05) is 23.2 Å². The highest BCUT2D eigenvalue weighted by Gasteiger charge is 2.24. The Labute approximate surface area is 252 Å². The zero-order valence-electron chi connectivity index (χ0n) is 23.7. The highest BCUT2D eigenvalue weighted by atomic mass is 35.5. The van der Waals surface area contributed by atoms with Crippen LogP contribution in [0.25, 0.3) is 11.2 Å². The highest BCUT2D eigenvalue weighted by molar-refractivity contribution is 6.42. The first-order chi connectivity index (χ1) is 19.7. The van der Waals surface area contributed by atoms with E-state index in [1.807, 2.05) is 0 Å². The van der Waals surface area contributed by atoms with Gasteiger partial charge in [-0.25, -0.2) is 29.5 Å². The van der Waals surface area contributed by atoms with Crippen LogP contribution in [-0.4, -0.2) is 86.3 Å². The highest BCUT2D eigenvalue weighted by Crippen LogP contribution is 2.34. The smallest absolute Gasteiger partial charge is 0.410 e. The molecule has 0 radical (unpaired) electrons. The molecule has 3 amide bonds. The number of nitrogens with zero attached hydrogens (tertiary/aromatic N) is 6. The van der Waals surface area contributed by atoms with Crippen molar-refractivity contribution in [2.75, 3.05) is 26.0 Å². The van der Waals surface area contributed by atoms with Gasteiger partial charge in [-0.05, 0) is 45.7 Å². The maximum absolute atomic E-state index is 12.7. The lowest BCUT2D eigenvalue weighted by molar-refractivity contribution is -0.120. The number of nitrogens with one attached hydrogen (secondary N) is 2. The Balaban J connectivity index is 1.74. The monoisotopic (exact) mass is 622 g/mol. The van der Waals surface area contributed by atoms with Gasteiger partial charge in [-0.15, -0.1) is 0 Å². The molecule has 0 bridgehead atoms. The van der Waals surface area contributed by atoms with Gasteiger partial charge >= 0.3 is 12.2 Å². The molecule has 1 aromatic carbocycles.